The molecule has 0 heterocycles. The third kappa shape index (κ3) is 1.26. The highest BCUT2D eigenvalue weighted by atomic mass is 79.9. The van der Waals surface area contributed by atoms with Gasteiger partial charge in [-0.2, -0.15) is 0 Å². The van der Waals surface area contributed by atoms with Crippen molar-refractivity contribution in [1.82, 2.24) is 0 Å². The first-order valence-electron chi connectivity index (χ1n) is 5.77. The van der Waals surface area contributed by atoms with Crippen LogP contribution in [0, 0.1) is 0 Å². The van der Waals surface area contributed by atoms with Gasteiger partial charge in [0.15, 0.2) is 0 Å². The number of halogens is 2. The molecule has 0 aliphatic carbocycles. The molecule has 0 radical (unpaired) electrons. The zero-order valence-corrected chi connectivity index (χ0v) is 11.7. The third-order valence-electron chi connectivity index (χ3n) is 3.54. The van der Waals surface area contributed by atoms with Gasteiger partial charge in [0, 0.05) is 4.47 Å². The summed E-state index contributed by atoms with van der Waals surface area (Å²) >= 11 is 9.86. The second-order valence-corrected chi connectivity index (χ2v) is 5.73. The topological polar surface area (TPSA) is 0 Å². The molecule has 86 valence electrons. The lowest BCUT2D eigenvalue weighted by molar-refractivity contribution is 1.74. The second-order valence-electron chi connectivity index (χ2n) is 4.53. The fourth-order valence-corrected chi connectivity index (χ4v) is 3.41. The van der Waals surface area contributed by atoms with Gasteiger partial charge in [-0.3, -0.25) is 0 Å². The van der Waals surface area contributed by atoms with Crippen LogP contribution in [0.4, 0.5) is 0 Å². The van der Waals surface area contributed by atoms with Gasteiger partial charge >= 0.3 is 0 Å². The molecule has 0 nitrogen and oxygen atoms in total. The van der Waals surface area contributed by atoms with E-state index in [0.29, 0.717) is 0 Å². The van der Waals surface area contributed by atoms with Gasteiger partial charge in [0.25, 0.3) is 0 Å². The summed E-state index contributed by atoms with van der Waals surface area (Å²) in [5, 5.41) is 8.32. The van der Waals surface area contributed by atoms with E-state index in [9.17, 15) is 0 Å². The highest BCUT2D eigenvalue weighted by Crippen LogP contribution is 2.40. The van der Waals surface area contributed by atoms with Crippen LogP contribution in [0.1, 0.15) is 0 Å². The van der Waals surface area contributed by atoms with Crippen LogP contribution >= 0.6 is 27.5 Å². The number of rotatable bonds is 0. The van der Waals surface area contributed by atoms with E-state index in [0.717, 1.165) is 9.50 Å². The molecule has 0 unspecified atom stereocenters. The molecule has 4 aromatic rings. The van der Waals surface area contributed by atoms with Crippen molar-refractivity contribution in [3.8, 4) is 0 Å². The van der Waals surface area contributed by atoms with Crippen LogP contribution in [0.15, 0.2) is 53.0 Å². The summed E-state index contributed by atoms with van der Waals surface area (Å²) in [4.78, 5) is 0. The van der Waals surface area contributed by atoms with Crippen LogP contribution in [-0.2, 0) is 0 Å². The smallest absolute Gasteiger partial charge is 0.0560 e. The lowest BCUT2D eigenvalue weighted by atomic mass is 9.94. The summed E-state index contributed by atoms with van der Waals surface area (Å²) in [6, 6.07) is 17.0. The fraction of sp³-hybridized carbons (Fsp3) is 0. The van der Waals surface area contributed by atoms with Gasteiger partial charge < -0.3 is 0 Å². The quantitative estimate of drug-likeness (QED) is 0.349. The summed E-state index contributed by atoms with van der Waals surface area (Å²) in [5.74, 6) is 0. The number of hydrogen-bond donors (Lipinski definition) is 0. The Kier molecular flexibility index (Phi) is 2.12. The summed E-state index contributed by atoms with van der Waals surface area (Å²) in [6.07, 6.45) is 0. The molecule has 0 aliphatic heterocycles. The molecular formula is C16H8BrCl. The molecule has 0 N–H and O–H groups in total. The summed E-state index contributed by atoms with van der Waals surface area (Å²) < 4.78 is 0.981. The molecule has 4 rings (SSSR count). The van der Waals surface area contributed by atoms with Gasteiger partial charge in [-0.1, -0.05) is 54.1 Å². The lowest BCUT2D eigenvalue weighted by Crippen LogP contribution is -1.85. The van der Waals surface area contributed by atoms with E-state index in [4.69, 9.17) is 11.6 Å². The van der Waals surface area contributed by atoms with Crippen LogP contribution in [0.25, 0.3) is 32.3 Å². The highest BCUT2D eigenvalue weighted by Gasteiger charge is 2.11. The Labute approximate surface area is 118 Å². The van der Waals surface area contributed by atoms with E-state index in [1.165, 1.54) is 32.3 Å². The molecule has 0 saturated carbocycles. The van der Waals surface area contributed by atoms with Gasteiger partial charge in [-0.05, 0) is 54.3 Å². The molecule has 0 spiro atoms. The summed E-state index contributed by atoms with van der Waals surface area (Å²) in [5.41, 5.74) is 0. The van der Waals surface area contributed by atoms with Crippen molar-refractivity contribution in [2.24, 2.45) is 0 Å². The van der Waals surface area contributed by atoms with Gasteiger partial charge in [-0.25, -0.2) is 0 Å². The van der Waals surface area contributed by atoms with E-state index in [-0.39, 0.29) is 0 Å². The Hall–Kier alpha value is -1.31. The van der Waals surface area contributed by atoms with E-state index < -0.39 is 0 Å². The Morgan fingerprint density at radius 3 is 2.22 bits per heavy atom. The standard InChI is InChI=1S/C16H8BrCl/c17-16-12-7-6-10-3-1-2-9-4-5-11(8-13(16)18)15(12)14(9)10/h1-8H. The van der Waals surface area contributed by atoms with Gasteiger partial charge in [0.2, 0.25) is 0 Å². The third-order valence-corrected chi connectivity index (χ3v) is 4.92. The first-order chi connectivity index (χ1) is 8.75. The minimum Gasteiger partial charge on any atom is -0.0831 e. The average Bonchev–Trinajstić information content (AvgIpc) is 2.40. The maximum absolute atomic E-state index is 6.26. The maximum atomic E-state index is 6.26. The molecule has 0 fully saturated rings. The Bertz CT molecular complexity index is 880. The SMILES string of the molecule is Clc1cc2ccc3cccc4ccc(c1Br)c2c34. The monoisotopic (exact) mass is 314 g/mol. The van der Waals surface area contributed by atoms with Crippen molar-refractivity contribution >= 4 is 59.8 Å². The maximum Gasteiger partial charge on any atom is 0.0560 e. The van der Waals surface area contributed by atoms with Crippen LogP contribution in [0.2, 0.25) is 5.02 Å². The molecule has 0 aromatic heterocycles. The summed E-state index contributed by atoms with van der Waals surface area (Å²) in [7, 11) is 0. The van der Waals surface area contributed by atoms with Crippen molar-refractivity contribution < 1.29 is 0 Å². The largest absolute Gasteiger partial charge is 0.0831 e. The van der Waals surface area contributed by atoms with Crippen molar-refractivity contribution in [2.45, 2.75) is 0 Å². The van der Waals surface area contributed by atoms with Gasteiger partial charge in [-0.15, -0.1) is 0 Å². The van der Waals surface area contributed by atoms with Gasteiger partial charge in [0.05, 0.1) is 5.02 Å². The molecule has 0 atom stereocenters. The van der Waals surface area contributed by atoms with Crippen molar-refractivity contribution in [3.63, 3.8) is 0 Å². The molecular weight excluding hydrogens is 308 g/mol. The molecule has 0 saturated heterocycles. The first-order valence-corrected chi connectivity index (χ1v) is 6.94. The van der Waals surface area contributed by atoms with Crippen LogP contribution in [-0.4, -0.2) is 0 Å². The normalized spacial score (nSPS) is 11.9. The Morgan fingerprint density at radius 1 is 0.778 bits per heavy atom. The lowest BCUT2D eigenvalue weighted by Gasteiger charge is -2.12. The zero-order valence-electron chi connectivity index (χ0n) is 9.37. The number of benzene rings is 4. The zero-order chi connectivity index (χ0) is 12.3. The predicted molar refractivity (Wildman–Crippen MR) is 82.9 cm³/mol. The highest BCUT2D eigenvalue weighted by molar-refractivity contribution is 9.10. The predicted octanol–water partition coefficient (Wildman–Crippen LogP) is 6.00. The molecule has 2 heteroatoms. The number of hydrogen-bond acceptors (Lipinski definition) is 0. The van der Waals surface area contributed by atoms with E-state index in [2.05, 4.69) is 58.4 Å². The van der Waals surface area contributed by atoms with Crippen LogP contribution < -0.4 is 0 Å². The Morgan fingerprint density at radius 2 is 1.44 bits per heavy atom. The fourth-order valence-electron chi connectivity index (χ4n) is 2.74. The van der Waals surface area contributed by atoms with Gasteiger partial charge in [0.1, 0.15) is 0 Å². The summed E-state index contributed by atoms with van der Waals surface area (Å²) in [6.45, 7) is 0. The van der Waals surface area contributed by atoms with Crippen molar-refractivity contribution in [1.29, 1.82) is 0 Å². The molecule has 0 aliphatic rings. The minimum absolute atomic E-state index is 0.765. The second kappa shape index (κ2) is 3.59. The minimum atomic E-state index is 0.765. The van der Waals surface area contributed by atoms with E-state index in [1.54, 1.807) is 0 Å². The van der Waals surface area contributed by atoms with E-state index in [1.807, 2.05) is 6.07 Å². The van der Waals surface area contributed by atoms with Crippen LogP contribution in [0.5, 0.6) is 0 Å². The van der Waals surface area contributed by atoms with E-state index >= 15 is 0 Å². The molecule has 0 amide bonds. The van der Waals surface area contributed by atoms with Crippen molar-refractivity contribution in [3.05, 3.63) is 58.0 Å². The average molecular weight is 316 g/mol. The Balaban J connectivity index is 2.46. The molecule has 18 heavy (non-hydrogen) atoms. The molecule has 4 aromatic carbocycles. The van der Waals surface area contributed by atoms with Crippen LogP contribution in [0.3, 0.4) is 0 Å². The first kappa shape index (κ1) is 10.6. The van der Waals surface area contributed by atoms with Crippen molar-refractivity contribution in [2.75, 3.05) is 0 Å². The molecule has 0 bridgehead atoms.